The Morgan fingerprint density at radius 1 is 1.12 bits per heavy atom. The van der Waals surface area contributed by atoms with Crippen LogP contribution in [0.3, 0.4) is 0 Å². The minimum absolute atomic E-state index is 0.0623. The Morgan fingerprint density at radius 3 is 2.70 bits per heavy atom. The maximum absolute atomic E-state index is 13.8. The fourth-order valence-electron chi connectivity index (χ4n) is 9.90. The molecule has 220 valence electrons. The molecule has 40 heavy (non-hydrogen) atoms. The van der Waals surface area contributed by atoms with Gasteiger partial charge in [-0.15, -0.1) is 0 Å². The zero-order chi connectivity index (χ0) is 27.4. The van der Waals surface area contributed by atoms with Crippen LogP contribution in [0.25, 0.3) is 0 Å². The van der Waals surface area contributed by atoms with Gasteiger partial charge in [0.25, 0.3) is 0 Å². The number of phenols is 1. The van der Waals surface area contributed by atoms with Crippen LogP contribution in [0, 0.1) is 17.8 Å². The third-order valence-electron chi connectivity index (χ3n) is 11.9. The average Bonchev–Trinajstić information content (AvgIpc) is 3.73. The fraction of sp³-hybridized carbons (Fsp3) is 0.794. The molecule has 1 N–H and O–H groups in total. The second-order valence-corrected chi connectivity index (χ2v) is 14.0. The second kappa shape index (κ2) is 10.7. The summed E-state index contributed by atoms with van der Waals surface area (Å²) in [5.41, 5.74) is 2.16. The molecule has 1 aromatic carbocycles. The Labute approximate surface area is 240 Å². The van der Waals surface area contributed by atoms with Gasteiger partial charge in [-0.3, -0.25) is 9.69 Å². The summed E-state index contributed by atoms with van der Waals surface area (Å²) in [6, 6.07) is 2.30. The van der Waals surface area contributed by atoms with E-state index >= 15 is 0 Å². The van der Waals surface area contributed by atoms with E-state index in [0.717, 1.165) is 68.3 Å². The minimum atomic E-state index is -0.142. The van der Waals surface area contributed by atoms with Gasteiger partial charge in [-0.05, 0) is 76.2 Å². The molecule has 6 aliphatic rings. The molecule has 1 spiro atoms. The number of likely N-dealkylation sites (N-methyl/N-ethyl adjacent to an activating group) is 1. The van der Waals surface area contributed by atoms with Crippen molar-refractivity contribution in [2.45, 2.75) is 127 Å². The van der Waals surface area contributed by atoms with Gasteiger partial charge in [0.15, 0.2) is 11.5 Å². The predicted molar refractivity (Wildman–Crippen MR) is 156 cm³/mol. The molecule has 7 rings (SSSR count). The van der Waals surface area contributed by atoms with Crippen LogP contribution in [-0.4, -0.2) is 65.7 Å². The van der Waals surface area contributed by atoms with Crippen molar-refractivity contribution < 1.29 is 19.4 Å². The van der Waals surface area contributed by atoms with Gasteiger partial charge >= 0.3 is 0 Å². The van der Waals surface area contributed by atoms with Gasteiger partial charge < -0.3 is 19.5 Å². The van der Waals surface area contributed by atoms with Gasteiger partial charge in [-0.2, -0.15) is 0 Å². The van der Waals surface area contributed by atoms with Crippen LogP contribution >= 0.6 is 0 Å². The molecule has 1 amide bonds. The Morgan fingerprint density at radius 2 is 1.95 bits per heavy atom. The number of likely N-dealkylation sites (tertiary alicyclic amines) is 1. The average molecular weight is 551 g/mol. The van der Waals surface area contributed by atoms with Crippen LogP contribution in [0.15, 0.2) is 6.07 Å². The fourth-order valence-corrected chi connectivity index (χ4v) is 9.90. The van der Waals surface area contributed by atoms with Crippen molar-refractivity contribution in [2.24, 2.45) is 17.8 Å². The number of rotatable bonds is 10. The highest BCUT2D eigenvalue weighted by Crippen LogP contribution is 2.65. The number of aromatic hydroxyl groups is 1. The molecule has 4 aliphatic carbocycles. The third kappa shape index (κ3) is 4.34. The lowest BCUT2D eigenvalue weighted by Gasteiger charge is -2.60. The number of nitrogens with zero attached hydrogens (tertiary/aromatic N) is 2. The number of hydrogen-bond donors (Lipinski definition) is 1. The Bertz CT molecular complexity index is 1110. The molecule has 2 aliphatic heterocycles. The van der Waals surface area contributed by atoms with Gasteiger partial charge in [-0.1, -0.05) is 44.9 Å². The molecule has 5 atom stereocenters. The highest BCUT2D eigenvalue weighted by atomic mass is 16.5. The second-order valence-electron chi connectivity index (χ2n) is 14.0. The quantitative estimate of drug-likeness (QED) is 0.351. The van der Waals surface area contributed by atoms with Gasteiger partial charge in [0.05, 0.1) is 13.2 Å². The van der Waals surface area contributed by atoms with Gasteiger partial charge in [0.1, 0.15) is 11.9 Å². The summed E-state index contributed by atoms with van der Waals surface area (Å²) in [5.74, 6) is 4.41. The first-order valence-electron chi connectivity index (χ1n) is 16.7. The molecule has 1 saturated heterocycles. The van der Waals surface area contributed by atoms with E-state index in [2.05, 4.69) is 16.7 Å². The predicted octanol–water partition coefficient (Wildman–Crippen LogP) is 6.21. The molecule has 6 nitrogen and oxygen atoms in total. The first-order chi connectivity index (χ1) is 19.5. The first kappa shape index (κ1) is 26.9. The maximum Gasteiger partial charge on any atom is 0.222 e. The topological polar surface area (TPSA) is 62.2 Å². The van der Waals surface area contributed by atoms with Gasteiger partial charge in [0.2, 0.25) is 5.91 Å². The number of ether oxygens (including phenoxy) is 2. The van der Waals surface area contributed by atoms with Crippen LogP contribution in [0.4, 0.5) is 0 Å². The van der Waals surface area contributed by atoms with E-state index in [1.165, 1.54) is 69.9 Å². The van der Waals surface area contributed by atoms with Crippen molar-refractivity contribution >= 4 is 5.91 Å². The summed E-state index contributed by atoms with van der Waals surface area (Å²) in [5, 5.41) is 11.2. The Balaban J connectivity index is 1.14. The molecule has 0 unspecified atom stereocenters. The largest absolute Gasteiger partial charge is 0.508 e. The molecule has 3 saturated carbocycles. The zero-order valence-electron chi connectivity index (χ0n) is 24.8. The molecule has 6 heteroatoms. The van der Waals surface area contributed by atoms with E-state index in [1.54, 1.807) is 13.2 Å². The van der Waals surface area contributed by atoms with Crippen LogP contribution in [0.5, 0.6) is 17.2 Å². The van der Waals surface area contributed by atoms with Crippen LogP contribution in [-0.2, 0) is 16.6 Å². The molecule has 4 fully saturated rings. The van der Waals surface area contributed by atoms with Gasteiger partial charge in [-0.25, -0.2) is 0 Å². The Kier molecular flexibility index (Phi) is 7.21. The maximum atomic E-state index is 13.8. The number of carbonyl (C=O) groups excluding carboxylic acids is 1. The van der Waals surface area contributed by atoms with Crippen molar-refractivity contribution in [3.63, 3.8) is 0 Å². The van der Waals surface area contributed by atoms with E-state index in [0.29, 0.717) is 35.8 Å². The molecule has 0 radical (unpaired) electrons. The molecule has 1 aromatic rings. The number of carbonyl (C=O) groups is 1. The van der Waals surface area contributed by atoms with E-state index in [4.69, 9.17) is 9.47 Å². The number of piperidine rings is 1. The van der Waals surface area contributed by atoms with Crippen molar-refractivity contribution in [3.8, 4) is 17.2 Å². The summed E-state index contributed by atoms with van der Waals surface area (Å²) >= 11 is 0. The number of benzene rings is 1. The number of methoxy groups -OCH3 is 1. The summed E-state index contributed by atoms with van der Waals surface area (Å²) in [7, 11) is 1.68. The molecule has 2 bridgehead atoms. The monoisotopic (exact) mass is 550 g/mol. The molecule has 0 aromatic heterocycles. The number of hydrogen-bond acceptors (Lipinski definition) is 5. The van der Waals surface area contributed by atoms with Crippen molar-refractivity contribution in [2.75, 3.05) is 26.7 Å². The van der Waals surface area contributed by atoms with Crippen LogP contribution in [0.2, 0.25) is 0 Å². The van der Waals surface area contributed by atoms with E-state index in [9.17, 15) is 9.90 Å². The summed E-state index contributed by atoms with van der Waals surface area (Å²) in [6.07, 6.45) is 17.8. The number of unbranched alkanes of at least 4 members (excludes halogenated alkanes) is 1. The lowest BCUT2D eigenvalue weighted by atomic mass is 9.50. The highest BCUT2D eigenvalue weighted by molar-refractivity contribution is 5.77. The van der Waals surface area contributed by atoms with Crippen LogP contribution < -0.4 is 9.47 Å². The lowest BCUT2D eigenvalue weighted by Crippen LogP contribution is -2.69. The Hall–Kier alpha value is -1.95. The van der Waals surface area contributed by atoms with Gasteiger partial charge in [0, 0.05) is 48.2 Å². The third-order valence-corrected chi connectivity index (χ3v) is 11.9. The summed E-state index contributed by atoms with van der Waals surface area (Å²) in [6.45, 7) is 5.16. The van der Waals surface area contributed by atoms with Crippen molar-refractivity contribution in [1.82, 2.24) is 9.80 Å². The number of amides is 1. The van der Waals surface area contributed by atoms with E-state index < -0.39 is 0 Å². The lowest BCUT2D eigenvalue weighted by molar-refractivity contribution is -0.142. The van der Waals surface area contributed by atoms with Crippen molar-refractivity contribution in [1.29, 1.82) is 0 Å². The SMILES string of the molecule is CCN(C(=O)CCCCC1CCCCC1)[C@@H]1CC[C@H]2[C@H]3Cc4c(O)cc(OC)c5c4[C@@]2(CCN3CC2CC2)[C@H]1O5. The van der Waals surface area contributed by atoms with Crippen LogP contribution in [0.1, 0.15) is 108 Å². The van der Waals surface area contributed by atoms with E-state index in [-0.39, 0.29) is 17.6 Å². The minimum Gasteiger partial charge on any atom is -0.508 e. The normalized spacial score (nSPS) is 32.9. The molecular formula is C34H50N2O4. The standard InChI is InChI=1S/C34H50N2O4/c1-3-36(30(38)12-8-7-11-22-9-5-4-6-10-22)26-16-15-25-27-19-24-28(37)20-29(39-2)32-31(24)34(25,33(26)40-32)17-18-35(27)21-23-13-14-23/h20,22-23,25-27,33,37H,3-19,21H2,1-2H3/t25-,26+,27+,33-,34-/m0/s1. The molecular weight excluding hydrogens is 500 g/mol. The van der Waals surface area contributed by atoms with E-state index in [1.807, 2.05) is 0 Å². The molecule has 2 heterocycles. The smallest absolute Gasteiger partial charge is 0.222 e. The summed E-state index contributed by atoms with van der Waals surface area (Å²) in [4.78, 5) is 18.7. The summed E-state index contributed by atoms with van der Waals surface area (Å²) < 4.78 is 12.8. The van der Waals surface area contributed by atoms with Crippen molar-refractivity contribution in [3.05, 3.63) is 17.2 Å². The highest BCUT2D eigenvalue weighted by Gasteiger charge is 2.67. The zero-order valence-corrected chi connectivity index (χ0v) is 24.8. The first-order valence-corrected chi connectivity index (χ1v) is 16.7. The number of phenolic OH excluding ortho intramolecular Hbond substituents is 1.